The predicted octanol–water partition coefficient (Wildman–Crippen LogP) is 3.21. The Hall–Kier alpha value is -1.35. The Labute approximate surface area is 116 Å². The molecule has 0 radical (unpaired) electrons. The molecule has 0 fully saturated rings. The molecule has 0 saturated heterocycles. The molecular formula is C16H25NO2. The zero-order valence-electron chi connectivity index (χ0n) is 12.1. The maximum atomic E-state index is 11.1. The standard InChI is InChI=1S/C16H25NO2/c1-3-19-16(18)7-5-4-6-12-17-13-15-10-8-14(2)9-11-15/h8-11,17H,3-7,12-13H2,1-2H3. The third-order valence-electron chi connectivity index (χ3n) is 2.99. The summed E-state index contributed by atoms with van der Waals surface area (Å²) in [4.78, 5) is 11.1. The van der Waals surface area contributed by atoms with Crippen molar-refractivity contribution in [1.29, 1.82) is 0 Å². The Morgan fingerprint density at radius 2 is 1.89 bits per heavy atom. The molecular weight excluding hydrogens is 238 g/mol. The zero-order chi connectivity index (χ0) is 13.9. The lowest BCUT2D eigenvalue weighted by Crippen LogP contribution is -2.14. The number of carbonyl (C=O) groups is 1. The SMILES string of the molecule is CCOC(=O)CCCCCNCc1ccc(C)cc1. The van der Waals surface area contributed by atoms with E-state index in [0.29, 0.717) is 13.0 Å². The van der Waals surface area contributed by atoms with Gasteiger partial charge in [0.25, 0.3) is 0 Å². The van der Waals surface area contributed by atoms with Crippen molar-refractivity contribution in [3.63, 3.8) is 0 Å². The normalized spacial score (nSPS) is 10.4. The van der Waals surface area contributed by atoms with Crippen molar-refractivity contribution in [2.45, 2.75) is 46.1 Å². The van der Waals surface area contributed by atoms with Gasteiger partial charge < -0.3 is 10.1 Å². The van der Waals surface area contributed by atoms with Crippen molar-refractivity contribution in [2.24, 2.45) is 0 Å². The van der Waals surface area contributed by atoms with Gasteiger partial charge in [0.1, 0.15) is 0 Å². The molecule has 106 valence electrons. The lowest BCUT2D eigenvalue weighted by molar-refractivity contribution is -0.143. The molecule has 1 aromatic carbocycles. The second-order valence-electron chi connectivity index (χ2n) is 4.78. The van der Waals surface area contributed by atoms with Gasteiger partial charge in [-0.05, 0) is 38.8 Å². The summed E-state index contributed by atoms with van der Waals surface area (Å²) in [6, 6.07) is 8.58. The number of rotatable bonds is 9. The van der Waals surface area contributed by atoms with Gasteiger partial charge in [0.2, 0.25) is 0 Å². The zero-order valence-corrected chi connectivity index (χ0v) is 12.1. The van der Waals surface area contributed by atoms with E-state index in [1.54, 1.807) is 0 Å². The maximum absolute atomic E-state index is 11.1. The highest BCUT2D eigenvalue weighted by Gasteiger charge is 2.00. The summed E-state index contributed by atoms with van der Waals surface area (Å²) >= 11 is 0. The largest absolute Gasteiger partial charge is 0.466 e. The molecule has 19 heavy (non-hydrogen) atoms. The van der Waals surface area contributed by atoms with Crippen LogP contribution in [0.15, 0.2) is 24.3 Å². The van der Waals surface area contributed by atoms with Crippen LogP contribution in [0.1, 0.15) is 43.7 Å². The molecule has 1 N–H and O–H groups in total. The monoisotopic (exact) mass is 263 g/mol. The van der Waals surface area contributed by atoms with E-state index in [9.17, 15) is 4.79 Å². The topological polar surface area (TPSA) is 38.3 Å². The van der Waals surface area contributed by atoms with Crippen LogP contribution in [0.3, 0.4) is 0 Å². The molecule has 0 bridgehead atoms. The molecule has 0 aliphatic carbocycles. The van der Waals surface area contributed by atoms with E-state index in [2.05, 4.69) is 36.5 Å². The summed E-state index contributed by atoms with van der Waals surface area (Å²) in [5, 5.41) is 3.42. The average Bonchev–Trinajstić information content (AvgIpc) is 2.40. The quantitative estimate of drug-likeness (QED) is 0.549. The van der Waals surface area contributed by atoms with Crippen molar-refractivity contribution in [3.8, 4) is 0 Å². The third kappa shape index (κ3) is 7.62. The van der Waals surface area contributed by atoms with E-state index in [1.807, 2.05) is 6.92 Å². The van der Waals surface area contributed by atoms with E-state index < -0.39 is 0 Å². The van der Waals surface area contributed by atoms with Crippen LogP contribution < -0.4 is 5.32 Å². The van der Waals surface area contributed by atoms with Gasteiger partial charge in [-0.1, -0.05) is 36.2 Å². The molecule has 0 atom stereocenters. The first-order chi connectivity index (χ1) is 9.22. The van der Waals surface area contributed by atoms with Crippen molar-refractivity contribution in [2.75, 3.05) is 13.2 Å². The molecule has 1 rings (SSSR count). The Bertz CT molecular complexity index is 360. The van der Waals surface area contributed by atoms with Crippen LogP contribution in [0.5, 0.6) is 0 Å². The van der Waals surface area contributed by atoms with E-state index in [4.69, 9.17) is 4.74 Å². The summed E-state index contributed by atoms with van der Waals surface area (Å²) in [6.07, 6.45) is 3.64. The maximum Gasteiger partial charge on any atom is 0.305 e. The minimum atomic E-state index is -0.0740. The fourth-order valence-electron chi connectivity index (χ4n) is 1.87. The number of ether oxygens (including phenoxy) is 1. The highest BCUT2D eigenvalue weighted by molar-refractivity contribution is 5.69. The predicted molar refractivity (Wildman–Crippen MR) is 78.0 cm³/mol. The summed E-state index contributed by atoms with van der Waals surface area (Å²) in [5.74, 6) is -0.0740. The Morgan fingerprint density at radius 3 is 2.58 bits per heavy atom. The summed E-state index contributed by atoms with van der Waals surface area (Å²) in [7, 11) is 0. The Balaban J connectivity index is 1.96. The lowest BCUT2D eigenvalue weighted by atomic mass is 10.1. The smallest absolute Gasteiger partial charge is 0.305 e. The molecule has 0 saturated carbocycles. The molecule has 3 nitrogen and oxygen atoms in total. The van der Waals surface area contributed by atoms with Gasteiger partial charge in [-0.15, -0.1) is 0 Å². The van der Waals surface area contributed by atoms with Gasteiger partial charge in [0.05, 0.1) is 6.61 Å². The number of esters is 1. The molecule has 0 aliphatic rings. The fourth-order valence-corrected chi connectivity index (χ4v) is 1.87. The first kappa shape index (κ1) is 15.7. The van der Waals surface area contributed by atoms with Gasteiger partial charge >= 0.3 is 5.97 Å². The molecule has 0 spiro atoms. The van der Waals surface area contributed by atoms with E-state index in [-0.39, 0.29) is 5.97 Å². The number of unbranched alkanes of at least 4 members (excludes halogenated alkanes) is 2. The second-order valence-corrected chi connectivity index (χ2v) is 4.78. The number of nitrogens with one attached hydrogen (secondary N) is 1. The molecule has 0 amide bonds. The number of hydrogen-bond donors (Lipinski definition) is 1. The highest BCUT2D eigenvalue weighted by atomic mass is 16.5. The molecule has 3 heteroatoms. The summed E-state index contributed by atoms with van der Waals surface area (Å²) in [5.41, 5.74) is 2.61. The average molecular weight is 263 g/mol. The number of carbonyl (C=O) groups excluding carboxylic acids is 1. The first-order valence-electron chi connectivity index (χ1n) is 7.14. The number of hydrogen-bond acceptors (Lipinski definition) is 3. The van der Waals surface area contributed by atoms with Gasteiger partial charge in [0, 0.05) is 13.0 Å². The van der Waals surface area contributed by atoms with Crippen molar-refractivity contribution in [3.05, 3.63) is 35.4 Å². The van der Waals surface area contributed by atoms with E-state index in [0.717, 1.165) is 32.4 Å². The minimum absolute atomic E-state index is 0.0740. The molecule has 0 aliphatic heterocycles. The summed E-state index contributed by atoms with van der Waals surface area (Å²) in [6.45, 7) is 6.33. The Morgan fingerprint density at radius 1 is 1.16 bits per heavy atom. The van der Waals surface area contributed by atoms with Crippen LogP contribution in [0.2, 0.25) is 0 Å². The lowest BCUT2D eigenvalue weighted by Gasteiger charge is -2.05. The van der Waals surface area contributed by atoms with E-state index >= 15 is 0 Å². The molecule has 1 aromatic rings. The van der Waals surface area contributed by atoms with Crippen LogP contribution >= 0.6 is 0 Å². The van der Waals surface area contributed by atoms with Gasteiger partial charge in [-0.3, -0.25) is 4.79 Å². The van der Waals surface area contributed by atoms with E-state index in [1.165, 1.54) is 11.1 Å². The minimum Gasteiger partial charge on any atom is -0.466 e. The van der Waals surface area contributed by atoms with Crippen LogP contribution in [0.25, 0.3) is 0 Å². The van der Waals surface area contributed by atoms with Crippen molar-refractivity contribution in [1.82, 2.24) is 5.32 Å². The number of benzene rings is 1. The first-order valence-corrected chi connectivity index (χ1v) is 7.14. The van der Waals surface area contributed by atoms with Gasteiger partial charge in [-0.2, -0.15) is 0 Å². The van der Waals surface area contributed by atoms with Crippen molar-refractivity contribution < 1.29 is 9.53 Å². The van der Waals surface area contributed by atoms with Crippen molar-refractivity contribution >= 4 is 5.97 Å². The molecule has 0 aromatic heterocycles. The fraction of sp³-hybridized carbons (Fsp3) is 0.562. The van der Waals surface area contributed by atoms with Crippen LogP contribution in [0.4, 0.5) is 0 Å². The van der Waals surface area contributed by atoms with Crippen LogP contribution in [-0.2, 0) is 16.1 Å². The molecule has 0 heterocycles. The Kier molecular flexibility index (Phi) is 7.91. The van der Waals surface area contributed by atoms with Gasteiger partial charge in [-0.25, -0.2) is 0 Å². The second kappa shape index (κ2) is 9.56. The molecule has 0 unspecified atom stereocenters. The van der Waals surface area contributed by atoms with Gasteiger partial charge in [0.15, 0.2) is 0 Å². The van der Waals surface area contributed by atoms with Crippen LogP contribution in [0, 0.1) is 6.92 Å². The highest BCUT2D eigenvalue weighted by Crippen LogP contribution is 2.03. The number of aryl methyl sites for hydroxylation is 1. The summed E-state index contributed by atoms with van der Waals surface area (Å²) < 4.78 is 4.88. The third-order valence-corrected chi connectivity index (χ3v) is 2.99. The van der Waals surface area contributed by atoms with Crippen LogP contribution in [-0.4, -0.2) is 19.1 Å².